The number of ether oxygens (including phenoxy) is 1. The van der Waals surface area contributed by atoms with E-state index in [1.165, 1.54) is 18.2 Å². The van der Waals surface area contributed by atoms with Gasteiger partial charge >= 0.3 is 6.01 Å². The molecule has 3 aliphatic rings. The molecule has 10 nitrogen and oxygen atoms in total. The average Bonchev–Trinajstić information content (AvgIpc) is 3.52. The zero-order valence-electron chi connectivity index (χ0n) is 21.3. The van der Waals surface area contributed by atoms with Crippen LogP contribution in [0.4, 0.5) is 10.2 Å². The van der Waals surface area contributed by atoms with Gasteiger partial charge in [-0.2, -0.15) is 15.2 Å². The third-order valence-electron chi connectivity index (χ3n) is 7.84. The number of nitrogens with two attached hydrogens (primary N) is 1. The molecule has 2 amide bonds. The van der Waals surface area contributed by atoms with Crippen LogP contribution in [0.5, 0.6) is 6.01 Å². The molecule has 1 aromatic carbocycles. The Morgan fingerprint density at radius 1 is 1.32 bits per heavy atom. The molecule has 198 valence electrons. The molecule has 2 N–H and O–H groups in total. The molecule has 38 heavy (non-hydrogen) atoms. The number of rotatable bonds is 7. The Bertz CT molecular complexity index is 1330. The molecule has 3 saturated heterocycles. The number of carbonyl (C=O) groups is 2. The molecular formula is C27H30FN7O3. The first-order valence-corrected chi connectivity index (χ1v) is 12.6. The van der Waals surface area contributed by atoms with Crippen molar-refractivity contribution in [1.29, 1.82) is 5.26 Å². The Balaban J connectivity index is 1.52. The van der Waals surface area contributed by atoms with Gasteiger partial charge in [-0.1, -0.05) is 6.58 Å². The van der Waals surface area contributed by atoms with Crippen molar-refractivity contribution in [2.75, 3.05) is 51.3 Å². The standard InChI is InChI=1S/C27H30FN7O3/c1-3-22(36)35-15-27(16-35)8-10-34(14-27)25-20(12-29)23(19-11-17(24(30)37)6-7-21(19)28)31-26(32-25)38-13-18-5-4-9-33(18)2/h3,6-7,11,18H,1,4-5,8-10,13-16H2,2H3,(H2,30,37)/t18-/m0/s1. The van der Waals surface area contributed by atoms with Crippen LogP contribution < -0.4 is 15.4 Å². The number of amides is 2. The predicted octanol–water partition coefficient (Wildman–Crippen LogP) is 1.95. The third-order valence-corrected chi connectivity index (χ3v) is 7.84. The van der Waals surface area contributed by atoms with Gasteiger partial charge < -0.3 is 25.2 Å². The Morgan fingerprint density at radius 2 is 2.11 bits per heavy atom. The van der Waals surface area contributed by atoms with Crippen LogP contribution in [0.2, 0.25) is 0 Å². The second-order valence-corrected chi connectivity index (χ2v) is 10.4. The van der Waals surface area contributed by atoms with E-state index in [1.807, 2.05) is 11.9 Å². The number of primary amides is 1. The van der Waals surface area contributed by atoms with Crippen molar-refractivity contribution >= 4 is 17.6 Å². The molecular weight excluding hydrogens is 489 g/mol. The van der Waals surface area contributed by atoms with Crippen LogP contribution in [-0.4, -0.2) is 84.0 Å². The topological polar surface area (TPSA) is 129 Å². The van der Waals surface area contributed by atoms with E-state index in [4.69, 9.17) is 10.5 Å². The maximum Gasteiger partial charge on any atom is 0.319 e. The Morgan fingerprint density at radius 3 is 2.76 bits per heavy atom. The minimum atomic E-state index is -0.718. The largest absolute Gasteiger partial charge is 0.462 e. The number of benzene rings is 1. The van der Waals surface area contributed by atoms with E-state index >= 15 is 4.39 Å². The van der Waals surface area contributed by atoms with Crippen molar-refractivity contribution in [2.24, 2.45) is 11.1 Å². The van der Waals surface area contributed by atoms with Gasteiger partial charge in [0.1, 0.15) is 29.8 Å². The summed E-state index contributed by atoms with van der Waals surface area (Å²) in [6, 6.07) is 6.12. The maximum absolute atomic E-state index is 15.1. The molecule has 4 heterocycles. The monoisotopic (exact) mass is 519 g/mol. The van der Waals surface area contributed by atoms with Gasteiger partial charge in [-0.05, 0) is 57.1 Å². The number of halogens is 1. The number of likely N-dealkylation sites (tertiary alicyclic amines) is 2. The lowest BCUT2D eigenvalue weighted by atomic mass is 9.79. The number of nitrogens with zero attached hydrogens (tertiary/aromatic N) is 6. The highest BCUT2D eigenvalue weighted by atomic mass is 19.1. The molecule has 2 aromatic rings. The number of likely N-dealkylation sites (N-methyl/N-ethyl adjacent to an activating group) is 1. The quantitative estimate of drug-likeness (QED) is 0.550. The normalized spacial score (nSPS) is 20.3. The van der Waals surface area contributed by atoms with Crippen LogP contribution in [-0.2, 0) is 4.79 Å². The summed E-state index contributed by atoms with van der Waals surface area (Å²) in [5.74, 6) is -1.12. The lowest BCUT2D eigenvalue weighted by molar-refractivity contribution is -0.136. The van der Waals surface area contributed by atoms with Crippen molar-refractivity contribution in [3.63, 3.8) is 0 Å². The van der Waals surface area contributed by atoms with Gasteiger partial charge in [0.2, 0.25) is 11.8 Å². The second kappa shape index (κ2) is 10.0. The molecule has 11 heteroatoms. The van der Waals surface area contributed by atoms with Gasteiger partial charge in [0.05, 0.1) is 0 Å². The Hall–Kier alpha value is -4.04. The zero-order chi connectivity index (χ0) is 27.0. The number of hydrogen-bond donors (Lipinski definition) is 1. The van der Waals surface area contributed by atoms with Crippen LogP contribution >= 0.6 is 0 Å². The summed E-state index contributed by atoms with van der Waals surface area (Å²) in [6.07, 6.45) is 4.18. The molecule has 1 spiro atoms. The van der Waals surface area contributed by atoms with Crippen LogP contribution in [0.25, 0.3) is 11.3 Å². The van der Waals surface area contributed by atoms with Gasteiger partial charge in [-0.3, -0.25) is 9.59 Å². The smallest absolute Gasteiger partial charge is 0.319 e. The molecule has 3 aliphatic heterocycles. The van der Waals surface area contributed by atoms with Crippen LogP contribution in [0, 0.1) is 22.6 Å². The fraction of sp³-hybridized carbons (Fsp3) is 0.444. The van der Waals surface area contributed by atoms with Crippen LogP contribution in [0.1, 0.15) is 35.2 Å². The lowest BCUT2D eigenvalue weighted by Gasteiger charge is -2.47. The summed E-state index contributed by atoms with van der Waals surface area (Å²) < 4.78 is 21.1. The number of anilines is 1. The average molecular weight is 520 g/mol. The summed E-state index contributed by atoms with van der Waals surface area (Å²) >= 11 is 0. The van der Waals surface area contributed by atoms with Gasteiger partial charge in [-0.25, -0.2) is 4.39 Å². The molecule has 1 aromatic heterocycles. The molecule has 0 bridgehead atoms. The summed E-state index contributed by atoms with van der Waals surface area (Å²) in [4.78, 5) is 38.8. The fourth-order valence-electron chi connectivity index (χ4n) is 5.66. The van der Waals surface area contributed by atoms with E-state index in [2.05, 4.69) is 27.5 Å². The van der Waals surface area contributed by atoms with E-state index in [0.29, 0.717) is 38.6 Å². The van der Waals surface area contributed by atoms with E-state index in [-0.39, 0.29) is 45.8 Å². The lowest BCUT2D eigenvalue weighted by Crippen LogP contribution is -2.59. The first kappa shape index (κ1) is 25.6. The third kappa shape index (κ3) is 4.67. The first-order valence-electron chi connectivity index (χ1n) is 12.6. The number of nitriles is 1. The first-order chi connectivity index (χ1) is 18.2. The minimum Gasteiger partial charge on any atom is -0.462 e. The van der Waals surface area contributed by atoms with E-state index in [9.17, 15) is 14.9 Å². The highest BCUT2D eigenvalue weighted by Gasteiger charge is 2.49. The van der Waals surface area contributed by atoms with Crippen molar-refractivity contribution in [3.05, 3.63) is 47.8 Å². The molecule has 1 atom stereocenters. The van der Waals surface area contributed by atoms with Gasteiger partial charge in [0, 0.05) is 48.8 Å². The molecule has 3 fully saturated rings. The van der Waals surface area contributed by atoms with Crippen molar-refractivity contribution in [3.8, 4) is 23.3 Å². The maximum atomic E-state index is 15.1. The minimum absolute atomic E-state index is 0.0235. The van der Waals surface area contributed by atoms with Gasteiger partial charge in [0.15, 0.2) is 5.82 Å². The highest BCUT2D eigenvalue weighted by molar-refractivity contribution is 5.94. The summed E-state index contributed by atoms with van der Waals surface area (Å²) in [7, 11) is 2.03. The second-order valence-electron chi connectivity index (χ2n) is 10.4. The number of carbonyl (C=O) groups excluding carboxylic acids is 2. The van der Waals surface area contributed by atoms with E-state index in [1.54, 1.807) is 4.90 Å². The van der Waals surface area contributed by atoms with E-state index in [0.717, 1.165) is 31.9 Å². The highest BCUT2D eigenvalue weighted by Crippen LogP contribution is 2.43. The van der Waals surface area contributed by atoms with Crippen molar-refractivity contribution in [2.45, 2.75) is 25.3 Å². The molecule has 5 rings (SSSR count). The molecule has 0 saturated carbocycles. The Kier molecular flexibility index (Phi) is 6.75. The number of aromatic nitrogens is 2. The molecule has 0 aliphatic carbocycles. The van der Waals surface area contributed by atoms with Gasteiger partial charge in [0.25, 0.3) is 0 Å². The Labute approximate surface area is 220 Å². The molecule has 0 unspecified atom stereocenters. The summed E-state index contributed by atoms with van der Waals surface area (Å²) in [5.41, 5.74) is 5.54. The fourth-order valence-corrected chi connectivity index (χ4v) is 5.66. The van der Waals surface area contributed by atoms with Crippen molar-refractivity contribution < 1.29 is 18.7 Å². The summed E-state index contributed by atoms with van der Waals surface area (Å²) in [6.45, 7) is 7.27. The van der Waals surface area contributed by atoms with E-state index < -0.39 is 11.7 Å². The summed E-state index contributed by atoms with van der Waals surface area (Å²) in [5, 5.41) is 10.2. The SMILES string of the molecule is C=CC(=O)N1CC2(CCN(c3nc(OC[C@@H]4CCCN4C)nc(-c4cc(C(N)=O)ccc4F)c3C#N)C2)C1. The predicted molar refractivity (Wildman–Crippen MR) is 138 cm³/mol. The van der Waals surface area contributed by atoms with Crippen molar-refractivity contribution in [1.82, 2.24) is 19.8 Å². The molecule has 0 radical (unpaired) electrons. The van der Waals surface area contributed by atoms with Crippen LogP contribution in [0.15, 0.2) is 30.9 Å². The zero-order valence-corrected chi connectivity index (χ0v) is 21.3. The van der Waals surface area contributed by atoms with Gasteiger partial charge in [-0.15, -0.1) is 0 Å². The van der Waals surface area contributed by atoms with Crippen LogP contribution in [0.3, 0.4) is 0 Å². The number of hydrogen-bond acceptors (Lipinski definition) is 8.